The van der Waals surface area contributed by atoms with E-state index < -0.39 is 5.97 Å². The molecule has 2 N–H and O–H groups in total. The summed E-state index contributed by atoms with van der Waals surface area (Å²) < 4.78 is 42.9. The van der Waals surface area contributed by atoms with Crippen LogP contribution in [0, 0.1) is 0 Å². The Hall–Kier alpha value is -0.890. The van der Waals surface area contributed by atoms with E-state index in [9.17, 15) is 4.79 Å². The van der Waals surface area contributed by atoms with Crippen molar-refractivity contribution < 1.29 is 47.8 Å². The fourth-order valence-corrected chi connectivity index (χ4v) is 2.70. The Labute approximate surface area is 197 Å². The van der Waals surface area contributed by atoms with Gasteiger partial charge in [-0.25, -0.2) is 4.79 Å². The highest BCUT2D eigenvalue weighted by Gasteiger charge is 2.42. The average molecular weight is 482 g/mol. The Balaban J connectivity index is 1.76. The summed E-state index contributed by atoms with van der Waals surface area (Å²) in [5, 5.41) is 11.9. The number of rotatable bonds is 27. The van der Waals surface area contributed by atoms with E-state index in [0.717, 1.165) is 19.4 Å². The number of carboxylic acids is 1. The summed E-state index contributed by atoms with van der Waals surface area (Å²) in [5.74, 6) is -0.984. The smallest absolute Gasteiger partial charge is 0.329 e. The van der Waals surface area contributed by atoms with Crippen molar-refractivity contribution in [3.05, 3.63) is 0 Å². The monoisotopic (exact) mass is 481 g/mol. The maximum Gasteiger partial charge on any atom is 0.329 e. The highest BCUT2D eigenvalue weighted by atomic mass is 16.6. The Morgan fingerprint density at radius 2 is 1.09 bits per heavy atom. The first kappa shape index (κ1) is 30.1. The lowest BCUT2D eigenvalue weighted by molar-refractivity contribution is -0.142. The van der Waals surface area contributed by atoms with E-state index in [4.69, 9.17) is 43.0 Å². The second-order valence-electron chi connectivity index (χ2n) is 7.46. The highest BCUT2D eigenvalue weighted by molar-refractivity contribution is 5.67. The Bertz CT molecular complexity index is 451. The lowest BCUT2D eigenvalue weighted by atomic mass is 10.3. The third-order valence-corrected chi connectivity index (χ3v) is 4.64. The van der Waals surface area contributed by atoms with Crippen LogP contribution in [0.4, 0.5) is 0 Å². The molecule has 0 radical (unpaired) electrons. The molecule has 0 heterocycles. The molecule has 1 saturated carbocycles. The van der Waals surface area contributed by atoms with Crippen LogP contribution in [0.1, 0.15) is 19.8 Å². The fourth-order valence-electron chi connectivity index (χ4n) is 2.70. The molecule has 0 saturated heterocycles. The molecule has 0 aromatic rings. The van der Waals surface area contributed by atoms with Gasteiger partial charge in [0.25, 0.3) is 0 Å². The third kappa shape index (κ3) is 20.2. The Morgan fingerprint density at radius 3 is 1.55 bits per heavy atom. The van der Waals surface area contributed by atoms with Crippen LogP contribution in [0.3, 0.4) is 0 Å². The normalized spacial score (nSPS) is 14.6. The van der Waals surface area contributed by atoms with Crippen molar-refractivity contribution in [2.75, 3.05) is 112 Å². The van der Waals surface area contributed by atoms with Crippen LogP contribution in [-0.4, -0.2) is 129 Å². The van der Waals surface area contributed by atoms with Crippen LogP contribution < -0.4 is 5.32 Å². The minimum absolute atomic E-state index is 0.0910. The van der Waals surface area contributed by atoms with E-state index in [1.165, 1.54) is 0 Å². The van der Waals surface area contributed by atoms with Crippen molar-refractivity contribution in [1.82, 2.24) is 5.32 Å². The van der Waals surface area contributed by atoms with Crippen LogP contribution in [0.25, 0.3) is 0 Å². The van der Waals surface area contributed by atoms with Gasteiger partial charge in [-0.3, -0.25) is 0 Å². The molecule has 1 aliphatic carbocycles. The summed E-state index contributed by atoms with van der Waals surface area (Å²) >= 11 is 0. The van der Waals surface area contributed by atoms with Crippen molar-refractivity contribution in [2.24, 2.45) is 0 Å². The van der Waals surface area contributed by atoms with E-state index in [1.807, 2.05) is 6.92 Å². The maximum absolute atomic E-state index is 10.3. The molecule has 0 aromatic heterocycles. The van der Waals surface area contributed by atoms with E-state index in [0.29, 0.717) is 92.5 Å². The Morgan fingerprint density at radius 1 is 0.667 bits per heavy atom. The summed E-state index contributed by atoms with van der Waals surface area (Å²) in [4.78, 5) is 10.3. The van der Waals surface area contributed by atoms with Gasteiger partial charge in [-0.15, -0.1) is 0 Å². The highest BCUT2D eigenvalue weighted by Crippen LogP contribution is 2.35. The number of carboxylic acid groups (broad SMARTS) is 1. The number of hydrogen-bond donors (Lipinski definition) is 2. The number of aliphatic carboxylic acids is 1. The molecule has 0 unspecified atom stereocenters. The quantitative estimate of drug-likeness (QED) is 0.158. The van der Waals surface area contributed by atoms with Gasteiger partial charge in [0.05, 0.1) is 92.5 Å². The van der Waals surface area contributed by atoms with Crippen LogP contribution in [0.2, 0.25) is 0 Å². The van der Waals surface area contributed by atoms with Gasteiger partial charge >= 0.3 is 5.97 Å². The number of hydrogen-bond acceptors (Lipinski definition) is 10. The Kier molecular flexibility index (Phi) is 19.8. The summed E-state index contributed by atoms with van der Waals surface area (Å²) in [5.41, 5.74) is 0.0910. The van der Waals surface area contributed by atoms with Crippen LogP contribution in [0.15, 0.2) is 0 Å². The van der Waals surface area contributed by atoms with Gasteiger partial charge in [-0.2, -0.15) is 0 Å². The molecule has 11 heteroatoms. The zero-order valence-corrected chi connectivity index (χ0v) is 20.1. The van der Waals surface area contributed by atoms with Gasteiger partial charge < -0.3 is 48.3 Å². The van der Waals surface area contributed by atoms with E-state index in [-0.39, 0.29) is 18.8 Å². The topological polar surface area (TPSA) is 123 Å². The van der Waals surface area contributed by atoms with Gasteiger partial charge in [-0.05, 0) is 19.8 Å². The van der Waals surface area contributed by atoms with E-state index in [1.54, 1.807) is 0 Å². The van der Waals surface area contributed by atoms with Gasteiger partial charge in [0.2, 0.25) is 0 Å². The largest absolute Gasteiger partial charge is 0.480 e. The zero-order chi connectivity index (χ0) is 23.9. The third-order valence-electron chi connectivity index (χ3n) is 4.64. The first-order chi connectivity index (χ1) is 16.2. The molecule has 196 valence electrons. The van der Waals surface area contributed by atoms with Gasteiger partial charge in [-0.1, -0.05) is 0 Å². The fraction of sp³-hybridized carbons (Fsp3) is 0.955. The molecule has 0 amide bonds. The van der Waals surface area contributed by atoms with E-state index >= 15 is 0 Å². The average Bonchev–Trinajstić information content (AvgIpc) is 3.57. The SMILES string of the molecule is CCOCCOCCOCCOCC1(NCCOCCOCCOCCOCC(=O)O)CC1. The summed E-state index contributed by atoms with van der Waals surface area (Å²) in [7, 11) is 0. The molecule has 1 aliphatic rings. The molecule has 1 rings (SSSR count). The molecule has 0 bridgehead atoms. The molecular formula is C22H43NO10. The minimum Gasteiger partial charge on any atom is -0.480 e. The number of nitrogens with one attached hydrogen (secondary N) is 1. The molecule has 0 spiro atoms. The predicted octanol–water partition coefficient (Wildman–Crippen LogP) is 0.346. The molecule has 0 atom stereocenters. The summed E-state index contributed by atoms with van der Waals surface area (Å²) in [6.07, 6.45) is 2.23. The first-order valence-corrected chi connectivity index (χ1v) is 11.8. The van der Waals surface area contributed by atoms with Gasteiger partial charge in [0.15, 0.2) is 0 Å². The maximum atomic E-state index is 10.3. The predicted molar refractivity (Wildman–Crippen MR) is 120 cm³/mol. The van der Waals surface area contributed by atoms with Crippen molar-refractivity contribution in [3.63, 3.8) is 0 Å². The summed E-state index contributed by atoms with van der Waals surface area (Å²) in [6.45, 7) is 10.5. The molecule has 0 aromatic carbocycles. The lowest BCUT2D eigenvalue weighted by Gasteiger charge is -2.17. The number of carbonyl (C=O) groups is 1. The molecule has 1 fully saturated rings. The van der Waals surface area contributed by atoms with Crippen molar-refractivity contribution >= 4 is 5.97 Å². The lowest BCUT2D eigenvalue weighted by Crippen LogP contribution is -2.38. The van der Waals surface area contributed by atoms with Crippen molar-refractivity contribution in [2.45, 2.75) is 25.3 Å². The van der Waals surface area contributed by atoms with Crippen LogP contribution in [0.5, 0.6) is 0 Å². The summed E-state index contributed by atoms with van der Waals surface area (Å²) in [6, 6.07) is 0. The molecule has 11 nitrogen and oxygen atoms in total. The second-order valence-corrected chi connectivity index (χ2v) is 7.46. The van der Waals surface area contributed by atoms with E-state index in [2.05, 4.69) is 5.32 Å². The van der Waals surface area contributed by atoms with Crippen molar-refractivity contribution in [1.29, 1.82) is 0 Å². The first-order valence-electron chi connectivity index (χ1n) is 11.8. The van der Waals surface area contributed by atoms with Gasteiger partial charge in [0.1, 0.15) is 6.61 Å². The zero-order valence-electron chi connectivity index (χ0n) is 20.1. The van der Waals surface area contributed by atoms with Crippen LogP contribution >= 0.6 is 0 Å². The number of ether oxygens (including phenoxy) is 8. The minimum atomic E-state index is -0.984. The molecular weight excluding hydrogens is 438 g/mol. The van der Waals surface area contributed by atoms with Gasteiger partial charge in [0, 0.05) is 18.7 Å². The second kappa shape index (κ2) is 21.6. The molecule has 33 heavy (non-hydrogen) atoms. The van der Waals surface area contributed by atoms with Crippen molar-refractivity contribution in [3.8, 4) is 0 Å². The molecule has 0 aliphatic heterocycles. The van der Waals surface area contributed by atoms with Crippen LogP contribution in [-0.2, 0) is 42.7 Å². The standard InChI is InChI=1S/C22H43NO10/c1-2-26-7-8-28-11-14-31-16-18-33-20-22(3-4-22)23-5-6-27-9-10-29-12-13-30-15-17-32-19-21(24)25/h23H,2-20H2,1H3,(H,24,25).